The molecule has 2 aromatic carbocycles. The molecule has 2 atom stereocenters. The number of carbonyl (C=O) groups excluding carboxylic acids is 1. The van der Waals surface area contributed by atoms with E-state index in [1.54, 1.807) is 42.4 Å². The highest BCUT2D eigenvalue weighted by atomic mass is 19.4. The molecule has 1 aliphatic heterocycles. The number of hydrogen-bond acceptors (Lipinski definition) is 9. The summed E-state index contributed by atoms with van der Waals surface area (Å²) in [5.41, 5.74) is 2.55. The number of hydrogen-bond donors (Lipinski definition) is 3. The molecular weight excluding hydrogens is 613 g/mol. The predicted molar refractivity (Wildman–Crippen MR) is 174 cm³/mol. The number of nitrogens with one attached hydrogen (secondary N) is 2. The third-order valence-corrected chi connectivity index (χ3v) is 7.71. The van der Waals surface area contributed by atoms with Gasteiger partial charge in [0.1, 0.15) is 11.4 Å². The van der Waals surface area contributed by atoms with Crippen molar-refractivity contribution in [3.05, 3.63) is 66.0 Å². The third kappa shape index (κ3) is 8.20. The maximum atomic E-state index is 13.0. The Morgan fingerprint density at radius 3 is 2.53 bits per heavy atom. The molecule has 1 saturated heterocycles. The van der Waals surface area contributed by atoms with Crippen molar-refractivity contribution in [1.29, 1.82) is 0 Å². The first-order chi connectivity index (χ1) is 22.2. The summed E-state index contributed by atoms with van der Waals surface area (Å²) in [6.45, 7) is 9.55. The van der Waals surface area contributed by atoms with Crippen LogP contribution in [0.15, 0.2) is 54.9 Å². The number of aliphatic hydroxyl groups is 1. The van der Waals surface area contributed by atoms with Crippen molar-refractivity contribution in [3.8, 4) is 22.9 Å². The van der Waals surface area contributed by atoms with E-state index in [1.165, 1.54) is 0 Å². The molecule has 0 bridgehead atoms. The molecule has 250 valence electrons. The van der Waals surface area contributed by atoms with Crippen molar-refractivity contribution in [1.82, 2.24) is 19.9 Å². The lowest BCUT2D eigenvalue weighted by Gasteiger charge is -2.34. The fraction of sp³-hybridized carbons (Fsp3) is 0.412. The van der Waals surface area contributed by atoms with Gasteiger partial charge in [-0.25, -0.2) is 19.7 Å². The van der Waals surface area contributed by atoms with Gasteiger partial charge in [0.25, 0.3) is 0 Å². The lowest BCUT2D eigenvalue weighted by molar-refractivity contribution is -0.198. The van der Waals surface area contributed by atoms with E-state index in [4.69, 9.17) is 14.5 Å². The van der Waals surface area contributed by atoms with Gasteiger partial charge in [-0.1, -0.05) is 24.3 Å². The zero-order valence-corrected chi connectivity index (χ0v) is 27.0. The summed E-state index contributed by atoms with van der Waals surface area (Å²) >= 11 is 0. The van der Waals surface area contributed by atoms with Crippen LogP contribution in [-0.4, -0.2) is 74.6 Å². The number of nitrogens with zero attached hydrogens (tertiary/aromatic N) is 4. The molecule has 1 aliphatic rings. The summed E-state index contributed by atoms with van der Waals surface area (Å²) in [7, 11) is 0. The average molecular weight is 653 g/mol. The highest BCUT2D eigenvalue weighted by Crippen LogP contribution is 2.40. The number of aryl methyl sites for hydroxylation is 2. The number of anilines is 2. The van der Waals surface area contributed by atoms with E-state index in [0.717, 1.165) is 18.4 Å². The summed E-state index contributed by atoms with van der Waals surface area (Å²) in [6.07, 6.45) is -2.72. The topological polar surface area (TPSA) is 122 Å². The normalized spacial score (nSPS) is 16.1. The molecule has 2 aromatic heterocycles. The number of aliphatic hydroxyl groups excluding tert-OH is 1. The van der Waals surface area contributed by atoms with Gasteiger partial charge in [-0.05, 0) is 76.8 Å². The molecule has 0 aliphatic carbocycles. The Morgan fingerprint density at radius 1 is 1.04 bits per heavy atom. The minimum atomic E-state index is -4.74. The molecule has 0 saturated carbocycles. The van der Waals surface area contributed by atoms with Crippen molar-refractivity contribution in [2.24, 2.45) is 0 Å². The zero-order valence-electron chi connectivity index (χ0n) is 27.0. The van der Waals surface area contributed by atoms with Gasteiger partial charge in [-0.3, -0.25) is 0 Å². The smallest absolute Gasteiger partial charge is 0.416 e. The van der Waals surface area contributed by atoms with Gasteiger partial charge < -0.3 is 30.1 Å². The summed E-state index contributed by atoms with van der Waals surface area (Å²) in [5, 5.41) is 17.0. The van der Waals surface area contributed by atoms with Crippen molar-refractivity contribution >= 4 is 28.5 Å². The zero-order chi connectivity index (χ0) is 33.9. The number of likely N-dealkylation sites (tertiary alicyclic amines) is 1. The highest BCUT2D eigenvalue weighted by Gasteiger charge is 2.38. The Bertz CT molecular complexity index is 1740. The van der Waals surface area contributed by atoms with Crippen LogP contribution < -0.4 is 15.4 Å². The van der Waals surface area contributed by atoms with Gasteiger partial charge in [0.15, 0.2) is 6.10 Å². The Hall–Kier alpha value is -4.65. The van der Waals surface area contributed by atoms with Crippen LogP contribution in [0.4, 0.5) is 29.6 Å². The molecular formula is C34H39F3N6O4. The van der Waals surface area contributed by atoms with Crippen LogP contribution in [-0.2, 0) is 4.74 Å². The molecule has 1 amide bonds. The van der Waals surface area contributed by atoms with Crippen molar-refractivity contribution in [3.63, 3.8) is 0 Å². The molecule has 4 aromatic rings. The van der Waals surface area contributed by atoms with Crippen molar-refractivity contribution < 1.29 is 32.5 Å². The van der Waals surface area contributed by atoms with Crippen LogP contribution in [0.25, 0.3) is 22.0 Å². The maximum Gasteiger partial charge on any atom is 0.416 e. The predicted octanol–water partition coefficient (Wildman–Crippen LogP) is 7.25. The SMILES string of the molecule is Cc1ccc2c(Oc3ncccc3-c3ccnc(N[C@H]4CCCN(C(=O)OC(C)(C)C)C4)n3)c(C)ccc2c1NC[C@H](O)C(F)(F)F. The van der Waals surface area contributed by atoms with E-state index in [1.807, 2.05) is 52.0 Å². The van der Waals surface area contributed by atoms with E-state index in [9.17, 15) is 23.1 Å². The Labute approximate surface area is 271 Å². The molecule has 3 heterocycles. The first-order valence-electron chi connectivity index (χ1n) is 15.4. The van der Waals surface area contributed by atoms with Crippen LogP contribution in [0.2, 0.25) is 0 Å². The van der Waals surface area contributed by atoms with Gasteiger partial charge in [0.2, 0.25) is 11.8 Å². The molecule has 10 nitrogen and oxygen atoms in total. The molecule has 0 spiro atoms. The average Bonchev–Trinajstić information content (AvgIpc) is 3.01. The second kappa shape index (κ2) is 13.6. The fourth-order valence-corrected chi connectivity index (χ4v) is 5.39. The molecule has 13 heteroatoms. The van der Waals surface area contributed by atoms with Crippen LogP contribution in [0.5, 0.6) is 11.6 Å². The van der Waals surface area contributed by atoms with E-state index in [0.29, 0.717) is 58.1 Å². The van der Waals surface area contributed by atoms with Gasteiger partial charge in [0, 0.05) is 54.5 Å². The second-order valence-corrected chi connectivity index (χ2v) is 12.6. The third-order valence-electron chi connectivity index (χ3n) is 7.71. The standard InChI is InChI=1S/C34H39F3N6O4/c1-20-10-13-24-23(28(20)40-18-27(44)34(35,36)37)12-11-21(2)29(24)46-30-25(9-6-15-38-30)26-14-16-39-31(42-26)41-22-8-7-17-43(19-22)32(45)47-33(3,4)5/h6,9-16,22,27,40,44H,7-8,17-19H2,1-5H3,(H,39,41,42)/t22-,27-/m0/s1. The number of benzene rings is 2. The summed E-state index contributed by atoms with van der Waals surface area (Å²) < 4.78 is 51.0. The van der Waals surface area contributed by atoms with Crippen molar-refractivity contribution in [2.45, 2.75) is 71.4 Å². The van der Waals surface area contributed by atoms with Gasteiger partial charge >= 0.3 is 12.3 Å². The number of rotatable bonds is 8. The fourth-order valence-electron chi connectivity index (χ4n) is 5.39. The van der Waals surface area contributed by atoms with E-state index >= 15 is 0 Å². The van der Waals surface area contributed by atoms with E-state index < -0.39 is 24.4 Å². The quantitative estimate of drug-likeness (QED) is 0.181. The number of aromatic nitrogens is 3. The first kappa shape index (κ1) is 33.7. The van der Waals surface area contributed by atoms with Crippen molar-refractivity contribution in [2.75, 3.05) is 30.3 Å². The largest absolute Gasteiger partial charge is 0.444 e. The van der Waals surface area contributed by atoms with Crippen LogP contribution in [0, 0.1) is 13.8 Å². The minimum absolute atomic E-state index is 0.0713. The first-order valence-corrected chi connectivity index (χ1v) is 15.4. The van der Waals surface area contributed by atoms with E-state index in [-0.39, 0.29) is 18.0 Å². The number of pyridine rings is 1. The van der Waals surface area contributed by atoms with Gasteiger partial charge in [0.05, 0.1) is 11.3 Å². The Kier molecular flexibility index (Phi) is 9.76. The molecule has 3 N–H and O–H groups in total. The number of piperidine rings is 1. The molecule has 0 radical (unpaired) electrons. The summed E-state index contributed by atoms with van der Waals surface area (Å²) in [5.74, 6) is 1.16. The number of amides is 1. The molecule has 5 rings (SSSR count). The number of ether oxygens (including phenoxy) is 2. The Morgan fingerprint density at radius 2 is 1.79 bits per heavy atom. The number of fused-ring (bicyclic) bond motifs is 1. The maximum absolute atomic E-state index is 13.0. The monoisotopic (exact) mass is 652 g/mol. The van der Waals surface area contributed by atoms with E-state index in [2.05, 4.69) is 20.6 Å². The van der Waals surface area contributed by atoms with Crippen LogP contribution in [0.3, 0.4) is 0 Å². The Balaban J connectivity index is 1.39. The minimum Gasteiger partial charge on any atom is -0.444 e. The number of alkyl halides is 3. The molecule has 0 unspecified atom stereocenters. The lowest BCUT2D eigenvalue weighted by atomic mass is 10.0. The number of halogens is 3. The molecule has 47 heavy (non-hydrogen) atoms. The van der Waals surface area contributed by atoms with Crippen LogP contribution in [0.1, 0.15) is 44.7 Å². The lowest BCUT2D eigenvalue weighted by Crippen LogP contribution is -2.47. The molecule has 1 fully saturated rings. The van der Waals surface area contributed by atoms with Gasteiger partial charge in [-0.2, -0.15) is 13.2 Å². The summed E-state index contributed by atoms with van der Waals surface area (Å²) in [6, 6.07) is 12.5. The second-order valence-electron chi connectivity index (χ2n) is 12.6. The summed E-state index contributed by atoms with van der Waals surface area (Å²) in [4.78, 5) is 28.0. The number of carbonyl (C=O) groups is 1. The highest BCUT2D eigenvalue weighted by molar-refractivity contribution is 6.00. The van der Waals surface area contributed by atoms with Gasteiger partial charge in [-0.15, -0.1) is 0 Å². The van der Waals surface area contributed by atoms with Crippen LogP contribution >= 0.6 is 0 Å².